The number of carbonyl (C=O) groups excluding carboxylic acids is 1. The summed E-state index contributed by atoms with van der Waals surface area (Å²) in [7, 11) is 5.78. The summed E-state index contributed by atoms with van der Waals surface area (Å²) < 4.78 is 5.74. The van der Waals surface area contributed by atoms with E-state index in [-0.39, 0.29) is 5.91 Å². The van der Waals surface area contributed by atoms with E-state index in [9.17, 15) is 4.79 Å². The van der Waals surface area contributed by atoms with Gasteiger partial charge < -0.3 is 14.5 Å². The average molecular weight is 457 g/mol. The van der Waals surface area contributed by atoms with E-state index < -0.39 is 0 Å². The summed E-state index contributed by atoms with van der Waals surface area (Å²) in [4.78, 5) is 34.1. The highest BCUT2D eigenvalue weighted by molar-refractivity contribution is 6.14. The number of hydrogen-bond donors (Lipinski definition) is 0. The molecule has 0 radical (unpaired) electrons. The number of ether oxygens (including phenoxy) is 1. The number of rotatable bonds is 9. The Balaban J connectivity index is 1.46. The molecule has 1 aromatic carbocycles. The normalized spacial score (nSPS) is 13.2. The van der Waals surface area contributed by atoms with E-state index >= 15 is 0 Å². The van der Waals surface area contributed by atoms with Crippen LogP contribution in [0.4, 0.5) is 5.69 Å². The second-order valence-corrected chi connectivity index (χ2v) is 8.16. The molecule has 3 heterocycles. The first-order valence-electron chi connectivity index (χ1n) is 11.2. The molecule has 4 rings (SSSR count). The van der Waals surface area contributed by atoms with Gasteiger partial charge in [0.15, 0.2) is 11.6 Å². The van der Waals surface area contributed by atoms with Crippen LogP contribution < -0.4 is 9.64 Å². The van der Waals surface area contributed by atoms with Gasteiger partial charge >= 0.3 is 0 Å². The number of nitrogens with zero attached hydrogens (tertiary/aromatic N) is 6. The number of anilines is 1. The molecule has 0 N–H and O–H groups in total. The predicted octanol–water partition coefficient (Wildman–Crippen LogP) is 3.39. The smallest absolute Gasteiger partial charge is 0.251 e. The van der Waals surface area contributed by atoms with Crippen molar-refractivity contribution in [1.29, 1.82) is 0 Å². The third-order valence-corrected chi connectivity index (χ3v) is 5.47. The van der Waals surface area contributed by atoms with Crippen molar-refractivity contribution in [3.05, 3.63) is 78.4 Å². The zero-order valence-electron chi connectivity index (χ0n) is 19.7. The Morgan fingerprint density at radius 1 is 1.15 bits per heavy atom. The molecule has 2 aromatic heterocycles. The maximum absolute atomic E-state index is 13.0. The molecule has 0 spiro atoms. The van der Waals surface area contributed by atoms with Crippen molar-refractivity contribution in [2.45, 2.75) is 13.0 Å². The molecule has 8 heteroatoms. The van der Waals surface area contributed by atoms with Crippen LogP contribution >= 0.6 is 0 Å². The van der Waals surface area contributed by atoms with Crippen LogP contribution in [-0.2, 0) is 11.3 Å². The summed E-state index contributed by atoms with van der Waals surface area (Å²) in [5.41, 5.74) is 4.38. The molecule has 1 aliphatic heterocycles. The number of carbonyl (C=O) groups is 1. The lowest BCUT2D eigenvalue weighted by Gasteiger charge is -2.35. The molecular weight excluding hydrogens is 428 g/mol. The first-order valence-corrected chi connectivity index (χ1v) is 11.2. The monoisotopic (exact) mass is 456 g/mol. The Morgan fingerprint density at radius 3 is 2.62 bits per heavy atom. The van der Waals surface area contributed by atoms with E-state index in [1.54, 1.807) is 48.9 Å². The molecule has 0 saturated carbocycles. The first kappa shape index (κ1) is 23.3. The van der Waals surface area contributed by atoms with Crippen molar-refractivity contribution in [3.63, 3.8) is 0 Å². The Bertz CT molecular complexity index is 1190. The van der Waals surface area contributed by atoms with E-state index in [2.05, 4.69) is 24.8 Å². The topological polar surface area (TPSA) is 83.8 Å². The van der Waals surface area contributed by atoms with Gasteiger partial charge in [0.25, 0.3) is 5.91 Å². The summed E-state index contributed by atoms with van der Waals surface area (Å²) >= 11 is 0. The van der Waals surface area contributed by atoms with Gasteiger partial charge in [0, 0.05) is 43.2 Å². The third kappa shape index (κ3) is 5.35. The van der Waals surface area contributed by atoms with E-state index in [1.807, 2.05) is 44.4 Å². The number of pyridine rings is 1. The van der Waals surface area contributed by atoms with E-state index in [1.165, 1.54) is 0 Å². The van der Waals surface area contributed by atoms with Crippen LogP contribution in [0.15, 0.2) is 72.3 Å². The van der Waals surface area contributed by atoms with Crippen molar-refractivity contribution in [1.82, 2.24) is 19.9 Å². The molecule has 0 aliphatic carbocycles. The number of amides is 1. The molecule has 0 saturated heterocycles. The highest BCUT2D eigenvalue weighted by atomic mass is 16.5. The number of para-hydroxylation sites is 1. The zero-order chi connectivity index (χ0) is 23.9. The SMILES string of the molecule is CN=C(/C=C\C(=O)N1Cc2cccc(-c3ncc(OCCCN(C)C)cn3)c21)c1ccncc1. The van der Waals surface area contributed by atoms with Crippen LogP contribution in [0.5, 0.6) is 5.75 Å². The van der Waals surface area contributed by atoms with Crippen molar-refractivity contribution < 1.29 is 9.53 Å². The van der Waals surface area contributed by atoms with Gasteiger partial charge in [0.2, 0.25) is 0 Å². The largest absolute Gasteiger partial charge is 0.490 e. The minimum Gasteiger partial charge on any atom is -0.490 e. The molecule has 34 heavy (non-hydrogen) atoms. The Labute approximate surface area is 199 Å². The highest BCUT2D eigenvalue weighted by Gasteiger charge is 2.30. The molecule has 0 bridgehead atoms. The summed E-state index contributed by atoms with van der Waals surface area (Å²) in [6.45, 7) is 2.12. The molecule has 0 unspecified atom stereocenters. The number of fused-ring (bicyclic) bond motifs is 1. The Kier molecular flexibility index (Phi) is 7.39. The van der Waals surface area contributed by atoms with Crippen molar-refractivity contribution in [3.8, 4) is 17.1 Å². The van der Waals surface area contributed by atoms with Crippen LogP contribution in [0.3, 0.4) is 0 Å². The summed E-state index contributed by atoms with van der Waals surface area (Å²) in [5.74, 6) is 1.08. The van der Waals surface area contributed by atoms with E-state index in [4.69, 9.17) is 4.74 Å². The lowest BCUT2D eigenvalue weighted by atomic mass is 9.97. The van der Waals surface area contributed by atoms with Crippen molar-refractivity contribution in [2.75, 3.05) is 39.2 Å². The van der Waals surface area contributed by atoms with Gasteiger partial charge in [0.05, 0.1) is 36.9 Å². The minimum atomic E-state index is -0.115. The maximum atomic E-state index is 13.0. The van der Waals surface area contributed by atoms with Crippen LogP contribution in [0.1, 0.15) is 17.5 Å². The second kappa shape index (κ2) is 10.8. The van der Waals surface area contributed by atoms with Gasteiger partial charge in [0.1, 0.15) is 0 Å². The fourth-order valence-corrected chi connectivity index (χ4v) is 3.73. The molecule has 0 fully saturated rings. The molecule has 3 aromatic rings. The number of aromatic nitrogens is 3. The van der Waals surface area contributed by atoms with Crippen LogP contribution in [-0.4, -0.2) is 65.8 Å². The summed E-state index contributed by atoms with van der Waals surface area (Å²) in [6.07, 6.45) is 11.0. The minimum absolute atomic E-state index is 0.115. The zero-order valence-corrected chi connectivity index (χ0v) is 19.7. The lowest BCUT2D eigenvalue weighted by Crippen LogP contribution is -2.37. The van der Waals surface area contributed by atoms with Gasteiger partial charge in [-0.05, 0) is 50.4 Å². The van der Waals surface area contributed by atoms with Crippen molar-refractivity contribution in [2.24, 2.45) is 4.99 Å². The second-order valence-electron chi connectivity index (χ2n) is 8.16. The predicted molar refractivity (Wildman–Crippen MR) is 133 cm³/mol. The molecule has 0 atom stereocenters. The van der Waals surface area contributed by atoms with Gasteiger partial charge in [-0.15, -0.1) is 0 Å². The number of hydrogen-bond acceptors (Lipinski definition) is 7. The van der Waals surface area contributed by atoms with Crippen LogP contribution in [0.2, 0.25) is 0 Å². The third-order valence-electron chi connectivity index (χ3n) is 5.47. The summed E-state index contributed by atoms with van der Waals surface area (Å²) in [5, 5.41) is 0. The number of allylic oxidation sites excluding steroid dienone is 1. The van der Waals surface area contributed by atoms with E-state index in [0.717, 1.165) is 35.3 Å². The maximum Gasteiger partial charge on any atom is 0.251 e. The number of aliphatic imine (C=N–C) groups is 1. The average Bonchev–Trinajstić information content (AvgIpc) is 2.84. The number of benzene rings is 1. The van der Waals surface area contributed by atoms with Gasteiger partial charge in [-0.2, -0.15) is 0 Å². The molecule has 1 aliphatic rings. The Morgan fingerprint density at radius 2 is 1.91 bits per heavy atom. The molecular formula is C26H28N6O2. The van der Waals surface area contributed by atoms with E-state index in [0.29, 0.717) is 30.4 Å². The van der Waals surface area contributed by atoms with Crippen LogP contribution in [0.25, 0.3) is 11.4 Å². The fourth-order valence-electron chi connectivity index (χ4n) is 3.73. The van der Waals surface area contributed by atoms with Crippen molar-refractivity contribution >= 4 is 17.3 Å². The van der Waals surface area contributed by atoms with Gasteiger partial charge in [-0.1, -0.05) is 12.1 Å². The Hall–Kier alpha value is -3.91. The van der Waals surface area contributed by atoms with Gasteiger partial charge in [-0.3, -0.25) is 14.8 Å². The quantitative estimate of drug-likeness (QED) is 0.279. The molecule has 174 valence electrons. The molecule has 8 nitrogen and oxygen atoms in total. The lowest BCUT2D eigenvalue weighted by molar-refractivity contribution is -0.114. The highest BCUT2D eigenvalue weighted by Crippen LogP contribution is 2.40. The summed E-state index contributed by atoms with van der Waals surface area (Å²) in [6, 6.07) is 9.64. The first-order chi connectivity index (χ1) is 16.6. The fraction of sp³-hybridized carbons (Fsp3) is 0.269. The van der Waals surface area contributed by atoms with Crippen LogP contribution in [0, 0.1) is 0 Å². The standard InChI is InChI=1S/C26H28N6O2/c1-27-23(19-10-12-28-13-11-19)8-9-24(33)32-18-20-6-4-7-22(25(20)32)26-29-16-21(17-30-26)34-15-5-14-31(2)3/h4,6-13,16-17H,5,14-15,18H2,1-3H3/b9-8-,27-23?. The van der Waals surface area contributed by atoms with Gasteiger partial charge in [-0.25, -0.2) is 9.97 Å². The molecule has 1 amide bonds.